The Morgan fingerprint density at radius 2 is 1.53 bits per heavy atom. The van der Waals surface area contributed by atoms with Crippen molar-refractivity contribution in [2.45, 2.75) is 98.8 Å². The van der Waals surface area contributed by atoms with Crippen LogP contribution in [0.2, 0.25) is 0 Å². The maximum Gasteiger partial charge on any atom is 0.410 e. The summed E-state index contributed by atoms with van der Waals surface area (Å²) in [6, 6.07) is 5.34. The number of nitrogens with two attached hydrogens (primary N) is 1. The number of rotatable bonds is 22. The maximum atomic E-state index is 13.4. The molecule has 0 radical (unpaired) electrons. The maximum absolute atomic E-state index is 13.4. The van der Waals surface area contributed by atoms with Crippen molar-refractivity contribution in [1.29, 1.82) is 0 Å². The van der Waals surface area contributed by atoms with Gasteiger partial charge in [0.15, 0.2) is 5.78 Å². The van der Waals surface area contributed by atoms with Gasteiger partial charge in [-0.3, -0.25) is 19.2 Å². The Labute approximate surface area is 279 Å². The average molecular weight is 662 g/mol. The number of ketones is 2. The van der Waals surface area contributed by atoms with Crippen LogP contribution in [0, 0.1) is 17.8 Å². The van der Waals surface area contributed by atoms with Gasteiger partial charge in [-0.05, 0) is 56.7 Å². The van der Waals surface area contributed by atoms with Crippen molar-refractivity contribution < 1.29 is 38.2 Å². The molecule has 0 aliphatic carbocycles. The second kappa shape index (κ2) is 21.7. The van der Waals surface area contributed by atoms with Crippen LogP contribution < -0.4 is 21.7 Å². The van der Waals surface area contributed by atoms with Gasteiger partial charge in [0.25, 0.3) is 0 Å². The summed E-state index contributed by atoms with van der Waals surface area (Å²) in [5, 5.41) is 8.12. The molecule has 13 nitrogen and oxygen atoms in total. The summed E-state index contributed by atoms with van der Waals surface area (Å²) in [6.07, 6.45) is 1.21. The number of benzene rings is 1. The highest BCUT2D eigenvalue weighted by Crippen LogP contribution is 2.20. The topological polar surface area (TPSA) is 186 Å². The monoisotopic (exact) mass is 661 g/mol. The molecule has 0 heterocycles. The number of hydrogen-bond acceptors (Lipinski definition) is 8. The minimum atomic E-state index is -0.804. The summed E-state index contributed by atoms with van der Waals surface area (Å²) in [6.45, 7) is 11.9. The number of anilines is 1. The second-order valence-electron chi connectivity index (χ2n) is 12.6. The zero-order valence-electron chi connectivity index (χ0n) is 29.1. The Morgan fingerprint density at radius 3 is 2.11 bits per heavy atom. The first-order valence-electron chi connectivity index (χ1n) is 16.4. The Kier molecular flexibility index (Phi) is 19.0. The number of Topliss-reactive ketones (excluding diaryl/α,β-unsaturated/α-hetero) is 2. The van der Waals surface area contributed by atoms with E-state index in [4.69, 9.17) is 15.2 Å². The Balaban J connectivity index is 2.79. The third-order valence-electron chi connectivity index (χ3n) is 7.65. The minimum Gasteiger partial charge on any atom is -0.445 e. The van der Waals surface area contributed by atoms with E-state index in [9.17, 15) is 28.8 Å². The molecule has 5 N–H and O–H groups in total. The first-order chi connectivity index (χ1) is 22.1. The van der Waals surface area contributed by atoms with Crippen LogP contribution in [0.1, 0.15) is 85.6 Å². The highest BCUT2D eigenvalue weighted by molar-refractivity contribution is 5.97. The second-order valence-corrected chi connectivity index (χ2v) is 12.6. The minimum absolute atomic E-state index is 0.00204. The van der Waals surface area contributed by atoms with E-state index in [0.29, 0.717) is 38.0 Å². The highest BCUT2D eigenvalue weighted by atomic mass is 16.6. The molecule has 0 unspecified atom stereocenters. The summed E-state index contributed by atoms with van der Waals surface area (Å²) < 4.78 is 10.8. The molecule has 1 aromatic carbocycles. The number of carbonyl (C=O) groups excluding carboxylic acids is 6. The van der Waals surface area contributed by atoms with E-state index in [1.54, 1.807) is 31.3 Å². The number of nitrogens with one attached hydrogen (secondary N) is 3. The molecule has 0 aliphatic heterocycles. The standard InChI is InChI=1S/C34H55N5O8/c1-22(2)28(40)11-9-18-46-19-16-30(42)38-31(23(3)4)29(41)20-26(10-8-17-36-33(35)44)32(43)37-27-14-12-25(13-15-27)21-47-34(45)39(7)24(5)6/h12-15,22-24,26,31H,8-11,16-21H2,1-7H3,(H,37,43)(H,38,42)(H3,35,36,44)/t26-,31+/m0/s1. The molecule has 0 saturated heterocycles. The molecule has 13 heteroatoms. The van der Waals surface area contributed by atoms with Gasteiger partial charge < -0.3 is 36.1 Å². The lowest BCUT2D eigenvalue weighted by Gasteiger charge is -2.24. The van der Waals surface area contributed by atoms with E-state index in [2.05, 4.69) is 16.0 Å². The van der Waals surface area contributed by atoms with Crippen LogP contribution in [0.5, 0.6) is 0 Å². The first kappa shape index (κ1) is 41.0. The zero-order valence-corrected chi connectivity index (χ0v) is 29.1. The number of primary amides is 1. The molecule has 5 amide bonds. The van der Waals surface area contributed by atoms with Crippen molar-refractivity contribution >= 4 is 41.2 Å². The lowest BCUT2D eigenvalue weighted by molar-refractivity contribution is -0.131. The fraction of sp³-hybridized carbons (Fsp3) is 0.647. The van der Waals surface area contributed by atoms with Crippen molar-refractivity contribution in [1.82, 2.24) is 15.5 Å². The normalized spacial score (nSPS) is 12.4. The summed E-state index contributed by atoms with van der Waals surface area (Å²) in [5.41, 5.74) is 6.39. The van der Waals surface area contributed by atoms with Crippen LogP contribution in [0.25, 0.3) is 0 Å². The molecule has 2 atom stereocenters. The molecule has 0 saturated carbocycles. The van der Waals surface area contributed by atoms with E-state index in [1.807, 2.05) is 41.5 Å². The molecular weight excluding hydrogens is 606 g/mol. The average Bonchev–Trinajstić information content (AvgIpc) is 3.01. The summed E-state index contributed by atoms with van der Waals surface area (Å²) in [5.74, 6) is -1.82. The molecule has 0 spiro atoms. The lowest BCUT2D eigenvalue weighted by Crippen LogP contribution is -2.45. The third-order valence-corrected chi connectivity index (χ3v) is 7.65. The fourth-order valence-corrected chi connectivity index (χ4v) is 4.41. The molecule has 0 bridgehead atoms. The summed E-state index contributed by atoms with van der Waals surface area (Å²) in [7, 11) is 1.66. The number of hydrogen-bond donors (Lipinski definition) is 4. The number of nitrogens with zero attached hydrogens (tertiary/aromatic N) is 1. The predicted octanol–water partition coefficient (Wildman–Crippen LogP) is 4.18. The van der Waals surface area contributed by atoms with Gasteiger partial charge in [0, 0.05) is 63.0 Å². The largest absolute Gasteiger partial charge is 0.445 e. The Hall–Kier alpha value is -4.00. The van der Waals surface area contributed by atoms with Crippen LogP contribution >= 0.6 is 0 Å². The predicted molar refractivity (Wildman–Crippen MR) is 179 cm³/mol. The molecule has 47 heavy (non-hydrogen) atoms. The lowest BCUT2D eigenvalue weighted by atomic mass is 9.89. The van der Waals surface area contributed by atoms with Gasteiger partial charge in [0.2, 0.25) is 11.8 Å². The van der Waals surface area contributed by atoms with Crippen molar-refractivity contribution in [3.63, 3.8) is 0 Å². The number of ether oxygens (including phenoxy) is 2. The van der Waals surface area contributed by atoms with Crippen molar-refractivity contribution in [2.24, 2.45) is 23.5 Å². The van der Waals surface area contributed by atoms with E-state index < -0.39 is 24.1 Å². The van der Waals surface area contributed by atoms with Crippen molar-refractivity contribution in [3.05, 3.63) is 29.8 Å². The Bertz CT molecular complexity index is 1170. The smallest absolute Gasteiger partial charge is 0.410 e. The van der Waals surface area contributed by atoms with Gasteiger partial charge in [0.05, 0.1) is 12.6 Å². The SMILES string of the molecule is CC(C)C(=O)CCCOCCC(=O)N[C@@H](C(=O)C[C@H](CCCNC(N)=O)C(=O)Nc1ccc(COC(=O)N(C)C(C)C)cc1)C(C)C. The molecule has 0 aliphatic rings. The van der Waals surface area contributed by atoms with Crippen molar-refractivity contribution in [3.8, 4) is 0 Å². The molecule has 0 fully saturated rings. The summed E-state index contributed by atoms with van der Waals surface area (Å²) in [4.78, 5) is 75.8. The molecular formula is C34H55N5O8. The quantitative estimate of drug-likeness (QED) is 0.133. The van der Waals surface area contributed by atoms with Crippen LogP contribution in [0.15, 0.2) is 24.3 Å². The third kappa shape index (κ3) is 16.9. The van der Waals surface area contributed by atoms with Crippen LogP contribution in [0.3, 0.4) is 0 Å². The number of carbonyl (C=O) groups is 6. The van der Waals surface area contributed by atoms with Crippen LogP contribution in [-0.4, -0.2) is 79.3 Å². The first-order valence-corrected chi connectivity index (χ1v) is 16.4. The highest BCUT2D eigenvalue weighted by Gasteiger charge is 2.29. The van der Waals surface area contributed by atoms with E-state index in [-0.39, 0.29) is 73.9 Å². The van der Waals surface area contributed by atoms with E-state index in [0.717, 1.165) is 5.56 Å². The fourth-order valence-electron chi connectivity index (χ4n) is 4.41. The van der Waals surface area contributed by atoms with Crippen LogP contribution in [0.4, 0.5) is 15.3 Å². The number of amides is 5. The molecule has 1 rings (SSSR count). The van der Waals surface area contributed by atoms with Gasteiger partial charge in [-0.25, -0.2) is 9.59 Å². The van der Waals surface area contributed by atoms with Gasteiger partial charge in [-0.1, -0.05) is 39.8 Å². The number of urea groups is 1. The van der Waals surface area contributed by atoms with Gasteiger partial charge in [-0.15, -0.1) is 0 Å². The van der Waals surface area contributed by atoms with Crippen LogP contribution in [-0.2, 0) is 35.3 Å². The van der Waals surface area contributed by atoms with Crippen molar-refractivity contribution in [2.75, 3.05) is 32.1 Å². The van der Waals surface area contributed by atoms with Gasteiger partial charge >= 0.3 is 12.1 Å². The van der Waals surface area contributed by atoms with Gasteiger partial charge in [-0.2, -0.15) is 0 Å². The van der Waals surface area contributed by atoms with E-state index in [1.165, 1.54) is 4.90 Å². The zero-order chi connectivity index (χ0) is 35.5. The molecule has 264 valence electrons. The summed E-state index contributed by atoms with van der Waals surface area (Å²) >= 11 is 0. The molecule has 0 aromatic heterocycles. The molecule has 1 aromatic rings. The Morgan fingerprint density at radius 1 is 0.872 bits per heavy atom. The van der Waals surface area contributed by atoms with E-state index >= 15 is 0 Å². The van der Waals surface area contributed by atoms with Gasteiger partial charge in [0.1, 0.15) is 12.4 Å².